The summed E-state index contributed by atoms with van der Waals surface area (Å²) in [6.45, 7) is 14.8. The van der Waals surface area contributed by atoms with Crippen LogP contribution in [0.3, 0.4) is 0 Å². The van der Waals surface area contributed by atoms with Gasteiger partial charge in [0.1, 0.15) is 12.4 Å². The molecule has 0 radical (unpaired) electrons. The molecule has 0 bridgehead atoms. The molecule has 0 aromatic heterocycles. The fourth-order valence-corrected chi connectivity index (χ4v) is 7.94. The van der Waals surface area contributed by atoms with E-state index >= 15 is 0 Å². The first-order valence-electron chi connectivity index (χ1n) is 13.6. The van der Waals surface area contributed by atoms with Gasteiger partial charge in [-0.15, -0.1) is 0 Å². The SMILES string of the molecule is CC(C)(C)[Si](C)(C)Oc1cc2c(cc1OCc1ccccc1)CC[C@@H]1[C@@H]2CC[C@]2(C)CCC[C@@H]12. The van der Waals surface area contributed by atoms with Crippen LogP contribution in [0.2, 0.25) is 18.1 Å². The predicted octanol–water partition coefficient (Wildman–Crippen LogP) is 8.90. The number of hydrogen-bond donors (Lipinski definition) is 0. The van der Waals surface area contributed by atoms with Gasteiger partial charge in [0.2, 0.25) is 0 Å². The Kier molecular flexibility index (Phi) is 6.15. The monoisotopic (exact) mass is 476 g/mol. The van der Waals surface area contributed by atoms with E-state index in [-0.39, 0.29) is 5.04 Å². The zero-order valence-corrected chi connectivity index (χ0v) is 23.2. The van der Waals surface area contributed by atoms with Gasteiger partial charge in [-0.1, -0.05) is 64.4 Å². The van der Waals surface area contributed by atoms with Gasteiger partial charge < -0.3 is 9.16 Å². The Morgan fingerprint density at radius 3 is 2.47 bits per heavy atom. The molecule has 0 unspecified atom stereocenters. The van der Waals surface area contributed by atoms with E-state index in [9.17, 15) is 0 Å². The van der Waals surface area contributed by atoms with Gasteiger partial charge in [0.25, 0.3) is 8.32 Å². The van der Waals surface area contributed by atoms with Crippen molar-refractivity contribution in [2.75, 3.05) is 0 Å². The van der Waals surface area contributed by atoms with Gasteiger partial charge in [-0.25, -0.2) is 0 Å². The quantitative estimate of drug-likeness (QED) is 0.401. The summed E-state index contributed by atoms with van der Waals surface area (Å²) < 4.78 is 13.4. The molecule has 0 heterocycles. The minimum absolute atomic E-state index is 0.151. The Balaban J connectivity index is 1.49. The molecule has 0 saturated heterocycles. The van der Waals surface area contributed by atoms with Gasteiger partial charge in [-0.3, -0.25) is 0 Å². The minimum Gasteiger partial charge on any atom is -0.541 e. The standard InChI is InChI=1S/C31H44O2Si/c1-30(2,3)34(5,6)33-29-20-26-23(19-28(29)32-21-22-11-8-7-9-12-22)14-15-25-24(26)16-18-31(4)17-10-13-27(25)31/h7-9,11-12,19-20,24-25,27H,10,13-18,21H2,1-6H3/t24-,25+,27-,31-/m0/s1. The van der Waals surface area contributed by atoms with Crippen LogP contribution in [-0.4, -0.2) is 8.32 Å². The highest BCUT2D eigenvalue weighted by atomic mass is 28.4. The van der Waals surface area contributed by atoms with Crippen molar-refractivity contribution >= 4 is 8.32 Å². The molecule has 2 saturated carbocycles. The number of fused-ring (bicyclic) bond motifs is 5. The van der Waals surface area contributed by atoms with Crippen molar-refractivity contribution in [3.05, 3.63) is 59.2 Å². The summed E-state index contributed by atoms with van der Waals surface area (Å²) in [4.78, 5) is 0. The van der Waals surface area contributed by atoms with E-state index in [1.165, 1.54) is 56.1 Å². The fourth-order valence-electron chi connectivity index (χ4n) is 6.93. The van der Waals surface area contributed by atoms with Gasteiger partial charge in [0, 0.05) is 0 Å². The van der Waals surface area contributed by atoms with Crippen molar-refractivity contribution in [3.63, 3.8) is 0 Å². The maximum absolute atomic E-state index is 6.95. The number of rotatable bonds is 5. The van der Waals surface area contributed by atoms with Gasteiger partial charge in [0.05, 0.1) is 0 Å². The average Bonchev–Trinajstić information content (AvgIpc) is 3.19. The molecular formula is C31H44O2Si. The minimum atomic E-state index is -1.99. The Morgan fingerprint density at radius 2 is 1.74 bits per heavy atom. The normalized spacial score (nSPS) is 28.6. The topological polar surface area (TPSA) is 18.5 Å². The lowest BCUT2D eigenvalue weighted by atomic mass is 9.56. The first kappa shape index (κ1) is 24.0. The molecule has 4 atom stereocenters. The molecule has 0 amide bonds. The summed E-state index contributed by atoms with van der Waals surface area (Å²) in [5.41, 5.74) is 4.88. The van der Waals surface area contributed by atoms with Gasteiger partial charge in [-0.05, 0) is 109 Å². The number of ether oxygens (including phenoxy) is 1. The molecule has 0 aliphatic heterocycles. The van der Waals surface area contributed by atoms with Crippen LogP contribution >= 0.6 is 0 Å². The van der Waals surface area contributed by atoms with E-state index in [0.717, 1.165) is 23.3 Å². The van der Waals surface area contributed by atoms with Crippen molar-refractivity contribution in [2.45, 2.75) is 103 Å². The largest absolute Gasteiger partial charge is 0.541 e. The molecule has 0 N–H and O–H groups in total. The summed E-state index contributed by atoms with van der Waals surface area (Å²) in [6.07, 6.45) is 9.59. The fraction of sp³-hybridized carbons (Fsp3) is 0.613. The first-order chi connectivity index (χ1) is 16.1. The highest BCUT2D eigenvalue weighted by molar-refractivity contribution is 6.74. The van der Waals surface area contributed by atoms with Crippen LogP contribution < -0.4 is 9.16 Å². The van der Waals surface area contributed by atoms with Crippen molar-refractivity contribution in [3.8, 4) is 11.5 Å². The number of aryl methyl sites for hydroxylation is 1. The van der Waals surface area contributed by atoms with E-state index < -0.39 is 8.32 Å². The zero-order valence-electron chi connectivity index (χ0n) is 22.2. The van der Waals surface area contributed by atoms with E-state index in [1.54, 1.807) is 5.56 Å². The van der Waals surface area contributed by atoms with Crippen molar-refractivity contribution in [2.24, 2.45) is 17.3 Å². The molecule has 5 rings (SSSR count). The molecule has 2 aromatic carbocycles. The van der Waals surface area contributed by atoms with E-state index in [4.69, 9.17) is 9.16 Å². The Bertz CT molecular complexity index is 1020. The maximum atomic E-state index is 6.95. The van der Waals surface area contributed by atoms with Gasteiger partial charge >= 0.3 is 0 Å². The molecule has 2 aromatic rings. The van der Waals surface area contributed by atoms with E-state index in [1.807, 2.05) is 0 Å². The lowest BCUT2D eigenvalue weighted by Crippen LogP contribution is -2.44. The Morgan fingerprint density at radius 1 is 0.971 bits per heavy atom. The highest BCUT2D eigenvalue weighted by Crippen LogP contribution is 2.61. The van der Waals surface area contributed by atoms with Crippen LogP contribution in [0, 0.1) is 17.3 Å². The maximum Gasteiger partial charge on any atom is 0.250 e. The summed E-state index contributed by atoms with van der Waals surface area (Å²) in [7, 11) is -1.99. The predicted molar refractivity (Wildman–Crippen MR) is 144 cm³/mol. The van der Waals surface area contributed by atoms with Crippen LogP contribution in [-0.2, 0) is 13.0 Å². The van der Waals surface area contributed by atoms with Crippen molar-refractivity contribution in [1.29, 1.82) is 0 Å². The Labute approximate surface area is 208 Å². The lowest BCUT2D eigenvalue weighted by Gasteiger charge is -2.49. The molecule has 3 aliphatic rings. The Hall–Kier alpha value is -1.74. The summed E-state index contributed by atoms with van der Waals surface area (Å²) in [6, 6.07) is 15.3. The van der Waals surface area contributed by atoms with Crippen LogP contribution in [0.25, 0.3) is 0 Å². The number of benzene rings is 2. The molecule has 2 fully saturated rings. The van der Waals surface area contributed by atoms with Crippen LogP contribution in [0.1, 0.15) is 88.8 Å². The van der Waals surface area contributed by atoms with Crippen LogP contribution in [0.4, 0.5) is 0 Å². The van der Waals surface area contributed by atoms with Gasteiger partial charge in [-0.2, -0.15) is 0 Å². The second-order valence-electron chi connectivity index (χ2n) is 13.1. The van der Waals surface area contributed by atoms with Crippen LogP contribution in [0.5, 0.6) is 11.5 Å². The summed E-state index contributed by atoms with van der Waals surface area (Å²) in [5.74, 6) is 4.39. The van der Waals surface area contributed by atoms with E-state index in [0.29, 0.717) is 17.9 Å². The first-order valence-corrected chi connectivity index (χ1v) is 16.5. The second kappa shape index (κ2) is 8.73. The smallest absolute Gasteiger partial charge is 0.250 e. The summed E-state index contributed by atoms with van der Waals surface area (Å²) >= 11 is 0. The molecule has 3 aliphatic carbocycles. The average molecular weight is 477 g/mol. The molecule has 2 nitrogen and oxygen atoms in total. The highest BCUT2D eigenvalue weighted by Gasteiger charge is 2.50. The van der Waals surface area contributed by atoms with E-state index in [2.05, 4.69) is 83.3 Å². The molecule has 3 heteroatoms. The third-order valence-corrected chi connectivity index (χ3v) is 14.3. The molecule has 184 valence electrons. The third-order valence-electron chi connectivity index (χ3n) is 9.98. The molecular weight excluding hydrogens is 432 g/mol. The lowest BCUT2D eigenvalue weighted by molar-refractivity contribution is 0.0597. The van der Waals surface area contributed by atoms with Crippen molar-refractivity contribution in [1.82, 2.24) is 0 Å². The van der Waals surface area contributed by atoms with Crippen LogP contribution in [0.15, 0.2) is 42.5 Å². The number of hydrogen-bond acceptors (Lipinski definition) is 2. The molecule has 0 spiro atoms. The summed E-state index contributed by atoms with van der Waals surface area (Å²) in [5, 5.41) is 0.151. The van der Waals surface area contributed by atoms with Gasteiger partial charge in [0.15, 0.2) is 5.75 Å². The molecule has 34 heavy (non-hydrogen) atoms. The third kappa shape index (κ3) is 4.34. The van der Waals surface area contributed by atoms with Crippen molar-refractivity contribution < 1.29 is 9.16 Å². The zero-order chi connectivity index (χ0) is 24.1. The second-order valence-corrected chi connectivity index (χ2v) is 17.9.